The summed E-state index contributed by atoms with van der Waals surface area (Å²) >= 11 is 1.52. The lowest BCUT2D eigenvalue weighted by Gasteiger charge is -2.12. The van der Waals surface area contributed by atoms with Crippen molar-refractivity contribution in [1.29, 1.82) is 0 Å². The summed E-state index contributed by atoms with van der Waals surface area (Å²) in [6.45, 7) is 3.89. The minimum absolute atomic E-state index is 0.204. The highest BCUT2D eigenvalue weighted by Crippen LogP contribution is 2.31. The summed E-state index contributed by atoms with van der Waals surface area (Å²) in [6, 6.07) is 5.49. The van der Waals surface area contributed by atoms with E-state index < -0.39 is 17.7 Å². The van der Waals surface area contributed by atoms with E-state index in [1.54, 1.807) is 0 Å². The molecule has 0 saturated carbocycles. The zero-order valence-corrected chi connectivity index (χ0v) is 10.4. The van der Waals surface area contributed by atoms with E-state index in [1.807, 2.05) is 19.9 Å². The van der Waals surface area contributed by atoms with E-state index >= 15 is 0 Å². The first-order valence-electron chi connectivity index (χ1n) is 5.27. The summed E-state index contributed by atoms with van der Waals surface area (Å²) in [5.74, 6) is -1.71. The predicted molar refractivity (Wildman–Crippen MR) is 66.2 cm³/mol. The molecular formula is C13H13F2NS. The van der Waals surface area contributed by atoms with Gasteiger partial charge in [0.25, 0.3) is 0 Å². The van der Waals surface area contributed by atoms with Gasteiger partial charge in [-0.15, -0.1) is 11.3 Å². The highest BCUT2D eigenvalue weighted by molar-refractivity contribution is 7.12. The minimum atomic E-state index is -0.858. The molecule has 2 rings (SSSR count). The maximum atomic E-state index is 13.6. The van der Waals surface area contributed by atoms with Crippen molar-refractivity contribution in [3.05, 3.63) is 56.8 Å². The average Bonchev–Trinajstić information content (AvgIpc) is 2.61. The Morgan fingerprint density at radius 2 is 1.94 bits per heavy atom. The van der Waals surface area contributed by atoms with Gasteiger partial charge in [-0.25, -0.2) is 8.78 Å². The van der Waals surface area contributed by atoms with Crippen molar-refractivity contribution in [3.63, 3.8) is 0 Å². The van der Waals surface area contributed by atoms with Crippen LogP contribution in [0, 0.1) is 25.5 Å². The molecule has 1 nitrogen and oxygen atoms in total. The molecule has 1 aromatic carbocycles. The monoisotopic (exact) mass is 253 g/mol. The predicted octanol–water partition coefficient (Wildman–Crippen LogP) is 3.69. The molecule has 4 heteroatoms. The number of hydrogen-bond donors (Lipinski definition) is 1. The van der Waals surface area contributed by atoms with Crippen molar-refractivity contribution in [2.45, 2.75) is 19.9 Å². The van der Waals surface area contributed by atoms with Gasteiger partial charge in [0, 0.05) is 15.3 Å². The molecule has 0 aliphatic rings. The van der Waals surface area contributed by atoms with Crippen LogP contribution in [0.5, 0.6) is 0 Å². The molecule has 17 heavy (non-hydrogen) atoms. The highest BCUT2D eigenvalue weighted by atomic mass is 32.1. The maximum absolute atomic E-state index is 13.6. The Bertz CT molecular complexity index is 548. The fourth-order valence-electron chi connectivity index (χ4n) is 1.87. The van der Waals surface area contributed by atoms with Crippen LogP contribution >= 0.6 is 11.3 Å². The summed E-state index contributed by atoms with van der Waals surface area (Å²) in [5, 5.41) is 0. The van der Waals surface area contributed by atoms with Crippen LogP contribution in [0.2, 0.25) is 0 Å². The van der Waals surface area contributed by atoms with E-state index in [0.29, 0.717) is 0 Å². The normalized spacial score (nSPS) is 12.8. The van der Waals surface area contributed by atoms with Crippen molar-refractivity contribution in [2.24, 2.45) is 5.73 Å². The Kier molecular flexibility index (Phi) is 3.26. The molecule has 1 heterocycles. The van der Waals surface area contributed by atoms with Gasteiger partial charge < -0.3 is 5.73 Å². The molecule has 0 radical (unpaired) electrons. The average molecular weight is 253 g/mol. The van der Waals surface area contributed by atoms with Gasteiger partial charge in [-0.3, -0.25) is 0 Å². The molecule has 0 bridgehead atoms. The maximum Gasteiger partial charge on any atom is 0.163 e. The lowest BCUT2D eigenvalue weighted by molar-refractivity contribution is 0.495. The van der Waals surface area contributed by atoms with Crippen LogP contribution in [0.4, 0.5) is 8.78 Å². The quantitative estimate of drug-likeness (QED) is 0.867. The Morgan fingerprint density at radius 3 is 2.53 bits per heavy atom. The van der Waals surface area contributed by atoms with E-state index in [1.165, 1.54) is 23.5 Å². The lowest BCUT2D eigenvalue weighted by Crippen LogP contribution is -2.13. The number of nitrogens with two attached hydrogens (primary N) is 1. The number of benzene rings is 1. The van der Waals surface area contributed by atoms with Gasteiger partial charge in [0.05, 0.1) is 6.04 Å². The fourth-order valence-corrected chi connectivity index (χ4v) is 2.93. The molecule has 2 N–H and O–H groups in total. The standard InChI is InChI=1S/C13H13F2NS/c1-7-6-8(2)17-13(7)12(16)9-4-3-5-10(14)11(9)15/h3-6,12H,16H2,1-2H3. The smallest absolute Gasteiger partial charge is 0.163 e. The van der Waals surface area contributed by atoms with E-state index in [4.69, 9.17) is 5.73 Å². The largest absolute Gasteiger partial charge is 0.320 e. The SMILES string of the molecule is Cc1cc(C)c(C(N)c2cccc(F)c2F)s1. The van der Waals surface area contributed by atoms with Crippen LogP contribution < -0.4 is 5.73 Å². The minimum Gasteiger partial charge on any atom is -0.320 e. The number of rotatable bonds is 2. The topological polar surface area (TPSA) is 26.0 Å². The number of halogens is 2. The van der Waals surface area contributed by atoms with Crippen LogP contribution in [0.3, 0.4) is 0 Å². The van der Waals surface area contributed by atoms with Gasteiger partial charge in [0.15, 0.2) is 11.6 Å². The molecular weight excluding hydrogens is 240 g/mol. The van der Waals surface area contributed by atoms with Crippen LogP contribution in [0.25, 0.3) is 0 Å². The molecule has 1 aromatic heterocycles. The van der Waals surface area contributed by atoms with Crippen molar-refractivity contribution < 1.29 is 8.78 Å². The molecule has 2 aromatic rings. The van der Waals surface area contributed by atoms with Crippen LogP contribution in [0.1, 0.15) is 26.9 Å². The lowest BCUT2D eigenvalue weighted by atomic mass is 10.0. The van der Waals surface area contributed by atoms with Crippen LogP contribution in [0.15, 0.2) is 24.3 Å². The summed E-state index contributed by atoms with van der Waals surface area (Å²) in [4.78, 5) is 2.00. The summed E-state index contributed by atoms with van der Waals surface area (Å²) in [6.07, 6.45) is 0. The number of aryl methyl sites for hydroxylation is 2. The fraction of sp³-hybridized carbons (Fsp3) is 0.231. The van der Waals surface area contributed by atoms with Crippen molar-refractivity contribution in [1.82, 2.24) is 0 Å². The third-order valence-corrected chi connectivity index (χ3v) is 3.91. The Morgan fingerprint density at radius 1 is 1.24 bits per heavy atom. The number of thiophene rings is 1. The van der Waals surface area contributed by atoms with Gasteiger partial charge in [-0.05, 0) is 31.5 Å². The molecule has 0 fully saturated rings. The summed E-state index contributed by atoms with van der Waals surface area (Å²) < 4.78 is 26.8. The van der Waals surface area contributed by atoms with Crippen molar-refractivity contribution >= 4 is 11.3 Å². The van der Waals surface area contributed by atoms with E-state index in [9.17, 15) is 8.78 Å². The third kappa shape index (κ3) is 2.23. The molecule has 0 aliphatic carbocycles. The van der Waals surface area contributed by atoms with Crippen molar-refractivity contribution in [2.75, 3.05) is 0 Å². The molecule has 0 aliphatic heterocycles. The molecule has 1 unspecified atom stereocenters. The zero-order chi connectivity index (χ0) is 12.6. The first-order chi connectivity index (χ1) is 8.00. The number of hydrogen-bond acceptors (Lipinski definition) is 2. The van der Waals surface area contributed by atoms with E-state index in [0.717, 1.165) is 21.4 Å². The Labute approximate surface area is 103 Å². The Hall–Kier alpha value is -1.26. The van der Waals surface area contributed by atoms with Crippen LogP contribution in [-0.4, -0.2) is 0 Å². The van der Waals surface area contributed by atoms with Gasteiger partial charge in [0.2, 0.25) is 0 Å². The van der Waals surface area contributed by atoms with Gasteiger partial charge >= 0.3 is 0 Å². The Balaban J connectivity index is 2.47. The highest BCUT2D eigenvalue weighted by Gasteiger charge is 2.19. The summed E-state index contributed by atoms with van der Waals surface area (Å²) in [5.41, 5.74) is 7.22. The first kappa shape index (κ1) is 12.2. The van der Waals surface area contributed by atoms with Gasteiger partial charge in [-0.2, -0.15) is 0 Å². The second kappa shape index (κ2) is 4.55. The molecule has 0 spiro atoms. The second-order valence-electron chi connectivity index (χ2n) is 4.03. The van der Waals surface area contributed by atoms with Crippen LogP contribution in [-0.2, 0) is 0 Å². The first-order valence-corrected chi connectivity index (χ1v) is 6.08. The van der Waals surface area contributed by atoms with Gasteiger partial charge in [0.1, 0.15) is 0 Å². The molecule has 0 amide bonds. The zero-order valence-electron chi connectivity index (χ0n) is 9.63. The molecule has 90 valence electrons. The van der Waals surface area contributed by atoms with Crippen molar-refractivity contribution in [3.8, 4) is 0 Å². The van der Waals surface area contributed by atoms with E-state index in [2.05, 4.69) is 0 Å². The van der Waals surface area contributed by atoms with Gasteiger partial charge in [-0.1, -0.05) is 12.1 Å². The second-order valence-corrected chi connectivity index (χ2v) is 5.31. The molecule has 0 saturated heterocycles. The third-order valence-electron chi connectivity index (χ3n) is 2.68. The molecule has 1 atom stereocenters. The van der Waals surface area contributed by atoms with E-state index in [-0.39, 0.29) is 5.56 Å². The summed E-state index contributed by atoms with van der Waals surface area (Å²) in [7, 11) is 0.